The zero-order chi connectivity index (χ0) is 25.2. The Morgan fingerprint density at radius 1 is 0.886 bits per heavy atom. The Morgan fingerprint density at radius 3 is 2.09 bits per heavy atom. The molecule has 8 nitrogen and oxygen atoms in total. The number of esters is 1. The van der Waals surface area contributed by atoms with Crippen molar-refractivity contribution in [3.8, 4) is 0 Å². The lowest BCUT2D eigenvalue weighted by Gasteiger charge is -2.31. The average Bonchev–Trinajstić information content (AvgIpc) is 3.19. The monoisotopic (exact) mass is 474 g/mol. The summed E-state index contributed by atoms with van der Waals surface area (Å²) >= 11 is 0. The van der Waals surface area contributed by atoms with Crippen LogP contribution in [0.5, 0.6) is 0 Å². The normalized spacial score (nSPS) is 16.5. The quantitative estimate of drug-likeness (QED) is 0.241. The van der Waals surface area contributed by atoms with E-state index in [1.165, 1.54) is 6.20 Å². The van der Waals surface area contributed by atoms with E-state index in [-0.39, 0.29) is 5.69 Å². The van der Waals surface area contributed by atoms with E-state index in [4.69, 9.17) is 4.74 Å². The lowest BCUT2D eigenvalue weighted by Crippen LogP contribution is -2.31. The number of nitro benzene ring substituents is 1. The topological polar surface area (TPSA) is 88.8 Å². The van der Waals surface area contributed by atoms with Crippen LogP contribution in [0, 0.1) is 10.1 Å². The van der Waals surface area contributed by atoms with Gasteiger partial charge in [-0.15, -0.1) is 0 Å². The number of rotatable bonds is 9. The summed E-state index contributed by atoms with van der Waals surface area (Å²) in [6.07, 6.45) is 3.10. The summed E-state index contributed by atoms with van der Waals surface area (Å²) in [5.74, 6) is -0.530. The number of carbonyl (C=O) groups is 1. The fraction of sp³-hybridized carbons (Fsp3) is 0.333. The van der Waals surface area contributed by atoms with Gasteiger partial charge >= 0.3 is 5.97 Å². The molecule has 8 heteroatoms. The van der Waals surface area contributed by atoms with Gasteiger partial charge in [0.2, 0.25) is 0 Å². The highest BCUT2D eigenvalue weighted by atomic mass is 16.6. The van der Waals surface area contributed by atoms with Crippen molar-refractivity contribution < 1.29 is 14.5 Å². The molecule has 0 aliphatic carbocycles. The van der Waals surface area contributed by atoms with Gasteiger partial charge in [-0.1, -0.05) is 12.1 Å². The predicted molar refractivity (Wildman–Crippen MR) is 136 cm³/mol. The van der Waals surface area contributed by atoms with Gasteiger partial charge in [0.1, 0.15) is 0 Å². The molecule has 0 amide bonds. The van der Waals surface area contributed by atoms with Gasteiger partial charge in [-0.25, -0.2) is 4.79 Å². The molecule has 1 atom stereocenters. The molecule has 0 fully saturated rings. The molecule has 182 valence electrons. The molecule has 0 saturated heterocycles. The van der Waals surface area contributed by atoms with Crippen LogP contribution in [0.15, 0.2) is 60.9 Å². The second kappa shape index (κ2) is 9.74. The van der Waals surface area contributed by atoms with Gasteiger partial charge in [0.25, 0.3) is 5.69 Å². The Kier molecular flexibility index (Phi) is 6.73. The van der Waals surface area contributed by atoms with Crippen molar-refractivity contribution in [1.82, 2.24) is 4.98 Å². The number of carbonyl (C=O) groups excluding carboxylic acids is 1. The van der Waals surface area contributed by atoms with Crippen molar-refractivity contribution in [1.29, 1.82) is 0 Å². The minimum absolute atomic E-state index is 0.105. The summed E-state index contributed by atoms with van der Waals surface area (Å²) < 4.78 is 6.08. The number of ether oxygens (including phenoxy) is 1. The van der Waals surface area contributed by atoms with Gasteiger partial charge in [-0.05, 0) is 58.0 Å². The maximum Gasteiger partial charge on any atom is 0.340 e. The number of nitrogens with zero attached hydrogens (tertiary/aromatic N) is 4. The van der Waals surface area contributed by atoms with Crippen molar-refractivity contribution in [2.45, 2.75) is 33.3 Å². The zero-order valence-corrected chi connectivity index (χ0v) is 20.5. The molecule has 3 aromatic rings. The SMILES string of the molecule is CCN(CC)c1ccc(C2(c3ccc(N(CC)CC)cc3[N+](=O)[O-])OC(=O)c3ccncc32)cc1. The molecule has 1 aromatic heterocycles. The van der Waals surface area contributed by atoms with Crippen molar-refractivity contribution in [2.75, 3.05) is 36.0 Å². The smallest absolute Gasteiger partial charge is 0.340 e. The highest BCUT2D eigenvalue weighted by Gasteiger charge is 2.52. The number of pyridine rings is 1. The highest BCUT2D eigenvalue weighted by molar-refractivity contribution is 5.96. The van der Waals surface area contributed by atoms with Crippen LogP contribution in [-0.4, -0.2) is 42.1 Å². The van der Waals surface area contributed by atoms with Gasteiger partial charge in [-0.2, -0.15) is 0 Å². The van der Waals surface area contributed by atoms with E-state index in [0.717, 1.165) is 24.5 Å². The highest BCUT2D eigenvalue weighted by Crippen LogP contribution is 2.50. The number of nitro groups is 1. The molecule has 35 heavy (non-hydrogen) atoms. The summed E-state index contributed by atoms with van der Waals surface area (Å²) in [5.41, 5.74) is 1.97. The third-order valence-electron chi connectivity index (χ3n) is 6.75. The second-order valence-electron chi connectivity index (χ2n) is 8.34. The molecule has 0 radical (unpaired) electrons. The number of aromatic nitrogens is 1. The van der Waals surface area contributed by atoms with Crippen molar-refractivity contribution in [3.63, 3.8) is 0 Å². The molecule has 2 aromatic carbocycles. The first-order valence-corrected chi connectivity index (χ1v) is 12.0. The number of hydrogen-bond acceptors (Lipinski definition) is 7. The molecular formula is C27H30N4O4. The number of benzene rings is 2. The first kappa shape index (κ1) is 24.2. The molecule has 1 aliphatic rings. The molecule has 2 heterocycles. The third kappa shape index (κ3) is 3.99. The van der Waals surface area contributed by atoms with Crippen LogP contribution in [0.2, 0.25) is 0 Å². The Morgan fingerprint density at radius 2 is 1.49 bits per heavy atom. The first-order chi connectivity index (χ1) is 16.9. The van der Waals surface area contributed by atoms with Crippen LogP contribution in [-0.2, 0) is 10.3 Å². The average molecular weight is 475 g/mol. The Balaban J connectivity index is 1.98. The number of cyclic esters (lactones) is 1. The predicted octanol–water partition coefficient (Wildman–Crippen LogP) is 5.14. The summed E-state index contributed by atoms with van der Waals surface area (Å²) in [6.45, 7) is 11.3. The summed E-state index contributed by atoms with van der Waals surface area (Å²) in [4.78, 5) is 33.4. The van der Waals surface area contributed by atoms with Gasteiger partial charge in [-0.3, -0.25) is 15.1 Å². The molecule has 0 N–H and O–H groups in total. The van der Waals surface area contributed by atoms with E-state index in [2.05, 4.69) is 23.7 Å². The van der Waals surface area contributed by atoms with Crippen molar-refractivity contribution in [2.24, 2.45) is 0 Å². The standard InChI is InChI=1S/C27H30N4O4/c1-5-29(6-2)20-11-9-19(10-12-20)27(24-18-28-16-15-22(24)26(32)35-27)23-14-13-21(30(7-3)8-4)17-25(23)31(33)34/h9-18H,5-8H2,1-4H3. The zero-order valence-electron chi connectivity index (χ0n) is 20.5. The van der Waals surface area contributed by atoms with Crippen LogP contribution < -0.4 is 9.80 Å². The van der Waals surface area contributed by atoms with E-state index in [9.17, 15) is 14.9 Å². The lowest BCUT2D eigenvalue weighted by atomic mass is 9.79. The molecular weight excluding hydrogens is 444 g/mol. The van der Waals surface area contributed by atoms with E-state index in [1.807, 2.05) is 49.1 Å². The van der Waals surface area contributed by atoms with Crippen LogP contribution in [0.3, 0.4) is 0 Å². The van der Waals surface area contributed by atoms with Crippen molar-refractivity contribution >= 4 is 23.0 Å². The summed E-state index contributed by atoms with van der Waals surface area (Å²) in [7, 11) is 0. The van der Waals surface area contributed by atoms with Crippen LogP contribution >= 0.6 is 0 Å². The first-order valence-electron chi connectivity index (χ1n) is 12.0. The van der Waals surface area contributed by atoms with E-state index >= 15 is 0 Å². The minimum Gasteiger partial charge on any atom is -0.440 e. The van der Waals surface area contributed by atoms with Gasteiger partial charge < -0.3 is 14.5 Å². The van der Waals surface area contributed by atoms with Gasteiger partial charge in [0.15, 0.2) is 5.60 Å². The molecule has 0 saturated carbocycles. The molecule has 1 unspecified atom stereocenters. The van der Waals surface area contributed by atoms with Crippen LogP contribution in [0.4, 0.5) is 17.1 Å². The van der Waals surface area contributed by atoms with Gasteiger partial charge in [0, 0.05) is 67.1 Å². The molecule has 0 bridgehead atoms. The van der Waals surface area contributed by atoms with E-state index in [0.29, 0.717) is 35.3 Å². The number of fused-ring (bicyclic) bond motifs is 1. The Bertz CT molecular complexity index is 1240. The summed E-state index contributed by atoms with van der Waals surface area (Å²) in [5, 5.41) is 12.3. The minimum atomic E-state index is -1.48. The fourth-order valence-electron chi connectivity index (χ4n) is 4.92. The van der Waals surface area contributed by atoms with E-state index in [1.54, 1.807) is 24.4 Å². The number of hydrogen-bond donors (Lipinski definition) is 0. The Labute approximate surface area is 205 Å². The van der Waals surface area contributed by atoms with Gasteiger partial charge in [0.05, 0.1) is 16.1 Å². The molecule has 0 spiro atoms. The largest absolute Gasteiger partial charge is 0.440 e. The van der Waals surface area contributed by atoms with Crippen LogP contribution in [0.25, 0.3) is 0 Å². The maximum absolute atomic E-state index is 13.0. The molecule has 4 rings (SSSR count). The third-order valence-corrected chi connectivity index (χ3v) is 6.75. The summed E-state index contributed by atoms with van der Waals surface area (Å²) in [6, 6.07) is 14.4. The fourth-order valence-corrected chi connectivity index (χ4v) is 4.92. The Hall–Kier alpha value is -3.94. The molecule has 1 aliphatic heterocycles. The lowest BCUT2D eigenvalue weighted by molar-refractivity contribution is -0.386. The second-order valence-corrected chi connectivity index (χ2v) is 8.34. The maximum atomic E-state index is 13.0. The number of anilines is 2. The van der Waals surface area contributed by atoms with Crippen molar-refractivity contribution in [3.05, 3.63) is 93.3 Å². The van der Waals surface area contributed by atoms with E-state index < -0.39 is 16.5 Å². The van der Waals surface area contributed by atoms with Crippen LogP contribution in [0.1, 0.15) is 54.7 Å².